The quantitative estimate of drug-likeness (QED) is 0.842. The van der Waals surface area contributed by atoms with E-state index in [1.807, 2.05) is 38.1 Å². The number of rotatable bonds is 4. The summed E-state index contributed by atoms with van der Waals surface area (Å²) in [6.45, 7) is 3.86. The molecule has 0 spiro atoms. The zero-order valence-electron chi connectivity index (χ0n) is 11.1. The average molecular weight is 276 g/mol. The van der Waals surface area contributed by atoms with Crippen LogP contribution < -0.4 is 0 Å². The normalized spacial score (nSPS) is 12.4. The molecule has 2 aromatic rings. The van der Waals surface area contributed by atoms with E-state index in [4.69, 9.17) is 0 Å². The van der Waals surface area contributed by atoms with Gasteiger partial charge in [0.05, 0.1) is 6.10 Å². The molecule has 1 N–H and O–H groups in total. The van der Waals surface area contributed by atoms with Crippen LogP contribution in [0.2, 0.25) is 0 Å². The predicted molar refractivity (Wildman–Crippen MR) is 78.0 cm³/mol. The maximum atomic E-state index is 13.3. The van der Waals surface area contributed by atoms with Gasteiger partial charge in [0, 0.05) is 10.6 Å². The van der Waals surface area contributed by atoms with Gasteiger partial charge in [-0.15, -0.1) is 11.8 Å². The smallest absolute Gasteiger partial charge is 0.123 e. The van der Waals surface area contributed by atoms with Crippen molar-refractivity contribution in [3.63, 3.8) is 0 Å². The molecular weight excluding hydrogens is 259 g/mol. The number of hydrogen-bond acceptors (Lipinski definition) is 2. The molecule has 2 rings (SSSR count). The summed E-state index contributed by atoms with van der Waals surface area (Å²) in [6, 6.07) is 12.8. The SMILES string of the molecule is Cc1cccc(SCC(O)c2cc(C)cc(F)c2)c1. The Morgan fingerprint density at radius 1 is 1.11 bits per heavy atom. The third-order valence-electron chi connectivity index (χ3n) is 2.85. The molecule has 0 bridgehead atoms. The molecule has 0 aliphatic heterocycles. The van der Waals surface area contributed by atoms with E-state index in [2.05, 4.69) is 6.07 Å². The fourth-order valence-corrected chi connectivity index (χ4v) is 2.92. The van der Waals surface area contributed by atoms with E-state index in [9.17, 15) is 9.50 Å². The summed E-state index contributed by atoms with van der Waals surface area (Å²) in [5, 5.41) is 10.1. The van der Waals surface area contributed by atoms with Crippen LogP contribution in [0, 0.1) is 19.7 Å². The van der Waals surface area contributed by atoms with Crippen LogP contribution in [0.3, 0.4) is 0 Å². The van der Waals surface area contributed by atoms with Crippen molar-refractivity contribution in [2.75, 3.05) is 5.75 Å². The van der Waals surface area contributed by atoms with Gasteiger partial charge in [0.1, 0.15) is 5.82 Å². The molecule has 3 heteroatoms. The van der Waals surface area contributed by atoms with Crippen LogP contribution in [0.4, 0.5) is 4.39 Å². The number of hydrogen-bond donors (Lipinski definition) is 1. The van der Waals surface area contributed by atoms with Crippen molar-refractivity contribution in [1.82, 2.24) is 0 Å². The van der Waals surface area contributed by atoms with Gasteiger partial charge in [-0.05, 0) is 49.2 Å². The lowest BCUT2D eigenvalue weighted by Gasteiger charge is -2.12. The minimum absolute atomic E-state index is 0.297. The lowest BCUT2D eigenvalue weighted by molar-refractivity contribution is 0.203. The first kappa shape index (κ1) is 14.1. The summed E-state index contributed by atoms with van der Waals surface area (Å²) in [6.07, 6.45) is -0.653. The topological polar surface area (TPSA) is 20.2 Å². The highest BCUT2D eigenvalue weighted by Gasteiger charge is 2.10. The zero-order valence-corrected chi connectivity index (χ0v) is 11.9. The molecule has 1 unspecified atom stereocenters. The molecule has 1 nitrogen and oxygen atoms in total. The second-order valence-corrected chi connectivity index (χ2v) is 5.80. The van der Waals surface area contributed by atoms with Crippen LogP contribution in [0.15, 0.2) is 47.4 Å². The maximum Gasteiger partial charge on any atom is 0.123 e. The zero-order chi connectivity index (χ0) is 13.8. The number of benzene rings is 2. The van der Waals surface area contributed by atoms with Gasteiger partial charge in [0.2, 0.25) is 0 Å². The highest BCUT2D eigenvalue weighted by atomic mass is 32.2. The summed E-state index contributed by atoms with van der Waals surface area (Å²) in [5.41, 5.74) is 2.66. The van der Waals surface area contributed by atoms with Crippen molar-refractivity contribution in [2.24, 2.45) is 0 Å². The molecule has 0 fully saturated rings. The van der Waals surface area contributed by atoms with Gasteiger partial charge in [-0.1, -0.05) is 23.8 Å². The van der Waals surface area contributed by atoms with Gasteiger partial charge < -0.3 is 5.11 Å². The summed E-state index contributed by atoms with van der Waals surface area (Å²) in [4.78, 5) is 1.12. The lowest BCUT2D eigenvalue weighted by atomic mass is 10.1. The van der Waals surface area contributed by atoms with Crippen molar-refractivity contribution in [3.05, 3.63) is 65.0 Å². The second kappa shape index (κ2) is 6.22. The maximum absolute atomic E-state index is 13.3. The van der Waals surface area contributed by atoms with Crippen LogP contribution in [-0.2, 0) is 0 Å². The molecule has 0 amide bonds. The standard InChI is InChI=1S/C16H17FOS/c1-11-4-3-5-15(8-11)19-10-16(18)13-6-12(2)7-14(17)9-13/h3-9,16,18H,10H2,1-2H3. The molecular formula is C16H17FOS. The van der Waals surface area contributed by atoms with Crippen LogP contribution in [0.25, 0.3) is 0 Å². The summed E-state index contributed by atoms with van der Waals surface area (Å²) >= 11 is 1.58. The second-order valence-electron chi connectivity index (χ2n) is 4.71. The van der Waals surface area contributed by atoms with Crippen LogP contribution in [0.1, 0.15) is 22.8 Å². The summed E-state index contributed by atoms with van der Waals surface area (Å²) in [5.74, 6) is 0.224. The number of thioether (sulfide) groups is 1. The molecule has 100 valence electrons. The molecule has 0 saturated heterocycles. The first-order valence-electron chi connectivity index (χ1n) is 6.19. The molecule has 19 heavy (non-hydrogen) atoms. The fraction of sp³-hybridized carbons (Fsp3) is 0.250. The van der Waals surface area contributed by atoms with Gasteiger partial charge in [-0.2, -0.15) is 0 Å². The molecule has 1 atom stereocenters. The molecule has 0 aliphatic carbocycles. The van der Waals surface area contributed by atoms with Crippen LogP contribution >= 0.6 is 11.8 Å². The van der Waals surface area contributed by atoms with Crippen molar-refractivity contribution < 1.29 is 9.50 Å². The van der Waals surface area contributed by atoms with Crippen molar-refractivity contribution in [1.29, 1.82) is 0 Å². The average Bonchev–Trinajstić information content (AvgIpc) is 2.35. The minimum Gasteiger partial charge on any atom is -0.388 e. The Kier molecular flexibility index (Phi) is 4.61. The highest BCUT2D eigenvalue weighted by molar-refractivity contribution is 7.99. The summed E-state index contributed by atoms with van der Waals surface area (Å²) in [7, 11) is 0. The van der Waals surface area contributed by atoms with E-state index >= 15 is 0 Å². The largest absolute Gasteiger partial charge is 0.388 e. The first-order chi connectivity index (χ1) is 9.04. The van der Waals surface area contributed by atoms with E-state index in [0.717, 1.165) is 10.5 Å². The Labute approximate surface area is 117 Å². The third kappa shape index (κ3) is 4.08. The van der Waals surface area contributed by atoms with Gasteiger partial charge in [0.15, 0.2) is 0 Å². The highest BCUT2D eigenvalue weighted by Crippen LogP contribution is 2.26. The number of aliphatic hydroxyl groups is 1. The Bertz CT molecular complexity index is 548. The summed E-state index contributed by atoms with van der Waals surface area (Å²) < 4.78 is 13.3. The molecule has 0 aliphatic rings. The molecule has 0 radical (unpaired) electrons. The van der Waals surface area contributed by atoms with Crippen LogP contribution in [-0.4, -0.2) is 10.9 Å². The molecule has 2 aromatic carbocycles. The monoisotopic (exact) mass is 276 g/mol. The lowest BCUT2D eigenvalue weighted by Crippen LogP contribution is -2.01. The molecule has 0 saturated carbocycles. The number of aryl methyl sites for hydroxylation is 2. The van der Waals surface area contributed by atoms with E-state index in [-0.39, 0.29) is 5.82 Å². The molecule has 0 heterocycles. The van der Waals surface area contributed by atoms with Gasteiger partial charge in [-0.3, -0.25) is 0 Å². The van der Waals surface area contributed by atoms with Gasteiger partial charge >= 0.3 is 0 Å². The van der Waals surface area contributed by atoms with Crippen LogP contribution in [0.5, 0.6) is 0 Å². The predicted octanol–water partition coefficient (Wildman–Crippen LogP) is 4.27. The minimum atomic E-state index is -0.653. The Morgan fingerprint density at radius 2 is 1.89 bits per heavy atom. The van der Waals surface area contributed by atoms with Crippen molar-refractivity contribution in [3.8, 4) is 0 Å². The van der Waals surface area contributed by atoms with Crippen molar-refractivity contribution >= 4 is 11.8 Å². The third-order valence-corrected chi connectivity index (χ3v) is 3.92. The number of aliphatic hydroxyl groups excluding tert-OH is 1. The van der Waals surface area contributed by atoms with Crippen molar-refractivity contribution in [2.45, 2.75) is 24.8 Å². The Morgan fingerprint density at radius 3 is 2.58 bits per heavy atom. The van der Waals surface area contributed by atoms with E-state index < -0.39 is 6.10 Å². The Hall–Kier alpha value is -1.32. The first-order valence-corrected chi connectivity index (χ1v) is 7.18. The van der Waals surface area contributed by atoms with Gasteiger partial charge in [-0.25, -0.2) is 4.39 Å². The number of halogens is 1. The van der Waals surface area contributed by atoms with E-state index in [1.54, 1.807) is 11.8 Å². The fourth-order valence-electron chi connectivity index (χ4n) is 1.93. The van der Waals surface area contributed by atoms with Gasteiger partial charge in [0.25, 0.3) is 0 Å². The molecule has 0 aromatic heterocycles. The van der Waals surface area contributed by atoms with E-state index in [0.29, 0.717) is 11.3 Å². The Balaban J connectivity index is 2.03. The van der Waals surface area contributed by atoms with E-state index in [1.165, 1.54) is 17.7 Å².